The van der Waals surface area contributed by atoms with E-state index >= 15 is 0 Å². The number of fused-ring (bicyclic) bond motifs is 1. The molecular formula is C19H17F2N3O2. The summed E-state index contributed by atoms with van der Waals surface area (Å²) in [7, 11) is 1.46. The first-order valence-corrected chi connectivity index (χ1v) is 8.08. The van der Waals surface area contributed by atoms with Gasteiger partial charge in [0.15, 0.2) is 5.69 Å². The van der Waals surface area contributed by atoms with Gasteiger partial charge in [-0.3, -0.25) is 9.59 Å². The van der Waals surface area contributed by atoms with E-state index < -0.39 is 23.6 Å². The average molecular weight is 357 g/mol. The van der Waals surface area contributed by atoms with Crippen molar-refractivity contribution < 1.29 is 13.6 Å². The van der Waals surface area contributed by atoms with Gasteiger partial charge in [0.2, 0.25) is 0 Å². The lowest BCUT2D eigenvalue weighted by atomic mass is 10.1. The van der Waals surface area contributed by atoms with Gasteiger partial charge in [0.05, 0.1) is 5.39 Å². The summed E-state index contributed by atoms with van der Waals surface area (Å²) < 4.78 is 28.6. The quantitative estimate of drug-likeness (QED) is 0.781. The second-order valence-corrected chi connectivity index (χ2v) is 6.10. The van der Waals surface area contributed by atoms with E-state index in [0.717, 1.165) is 4.68 Å². The molecule has 1 aromatic heterocycles. The molecule has 0 saturated carbocycles. The molecule has 0 radical (unpaired) electrons. The lowest BCUT2D eigenvalue weighted by Crippen LogP contribution is -2.36. The van der Waals surface area contributed by atoms with Crippen LogP contribution in [0.15, 0.2) is 47.3 Å². The van der Waals surface area contributed by atoms with E-state index in [-0.39, 0.29) is 23.2 Å². The molecule has 0 fully saturated rings. The van der Waals surface area contributed by atoms with E-state index in [9.17, 15) is 18.4 Å². The van der Waals surface area contributed by atoms with E-state index in [1.807, 2.05) is 0 Å². The third-order valence-electron chi connectivity index (χ3n) is 4.12. The molecule has 0 aliphatic rings. The smallest absolute Gasteiger partial charge is 0.274 e. The van der Waals surface area contributed by atoms with Crippen LogP contribution in [0.2, 0.25) is 0 Å². The highest BCUT2D eigenvalue weighted by Gasteiger charge is 2.19. The summed E-state index contributed by atoms with van der Waals surface area (Å²) in [5.41, 5.74) is -0.305. The molecule has 5 nitrogen and oxygen atoms in total. The van der Waals surface area contributed by atoms with E-state index in [0.29, 0.717) is 10.8 Å². The fourth-order valence-electron chi connectivity index (χ4n) is 2.84. The largest absolute Gasteiger partial charge is 0.348 e. The van der Waals surface area contributed by atoms with Crippen LogP contribution in [0.1, 0.15) is 23.0 Å². The van der Waals surface area contributed by atoms with Crippen LogP contribution in [0.4, 0.5) is 8.78 Å². The lowest BCUT2D eigenvalue weighted by molar-refractivity contribution is 0.0934. The first-order chi connectivity index (χ1) is 12.4. The molecule has 7 heteroatoms. The molecule has 26 heavy (non-hydrogen) atoms. The SMILES string of the molecule is CC(Cc1c(F)cccc1F)NC(=O)c1nn(C)c(=O)c2ccccc12. The molecule has 0 bridgehead atoms. The third-order valence-corrected chi connectivity index (χ3v) is 4.12. The van der Waals surface area contributed by atoms with Crippen LogP contribution in [0.3, 0.4) is 0 Å². The van der Waals surface area contributed by atoms with E-state index in [2.05, 4.69) is 10.4 Å². The van der Waals surface area contributed by atoms with E-state index in [1.54, 1.807) is 31.2 Å². The molecule has 1 unspecified atom stereocenters. The molecule has 0 spiro atoms. The van der Waals surface area contributed by atoms with Crippen molar-refractivity contribution in [3.8, 4) is 0 Å². The zero-order valence-electron chi connectivity index (χ0n) is 14.3. The predicted molar refractivity (Wildman–Crippen MR) is 94.0 cm³/mol. The summed E-state index contributed by atoms with van der Waals surface area (Å²) in [5, 5.41) is 7.53. The Balaban J connectivity index is 1.88. The Morgan fingerprint density at radius 1 is 1.12 bits per heavy atom. The van der Waals surface area contributed by atoms with Crippen LogP contribution in [0, 0.1) is 11.6 Å². The molecule has 2 aromatic carbocycles. The van der Waals surface area contributed by atoms with Gasteiger partial charge < -0.3 is 5.32 Å². The van der Waals surface area contributed by atoms with Gasteiger partial charge in [-0.05, 0) is 31.5 Å². The maximum Gasteiger partial charge on any atom is 0.274 e. The van der Waals surface area contributed by atoms with Gasteiger partial charge in [0, 0.05) is 24.0 Å². The molecule has 0 saturated heterocycles. The number of rotatable bonds is 4. The van der Waals surface area contributed by atoms with Crippen molar-refractivity contribution in [1.29, 1.82) is 0 Å². The summed E-state index contributed by atoms with van der Waals surface area (Å²) in [6.07, 6.45) is -0.00601. The molecule has 1 N–H and O–H groups in total. The minimum Gasteiger partial charge on any atom is -0.348 e. The lowest BCUT2D eigenvalue weighted by Gasteiger charge is -2.15. The Hall–Kier alpha value is -3.09. The highest BCUT2D eigenvalue weighted by molar-refractivity contribution is 6.04. The Labute approximate surface area is 148 Å². The predicted octanol–water partition coefficient (Wildman–Crippen LogP) is 2.57. The Kier molecular flexibility index (Phi) is 4.79. The first kappa shape index (κ1) is 17.7. The van der Waals surface area contributed by atoms with Gasteiger partial charge in [0.25, 0.3) is 11.5 Å². The number of amides is 1. The number of benzene rings is 2. The molecule has 0 aliphatic carbocycles. The van der Waals surface area contributed by atoms with Crippen molar-refractivity contribution in [2.24, 2.45) is 7.05 Å². The number of aryl methyl sites for hydroxylation is 1. The number of halogens is 2. The number of carbonyl (C=O) groups is 1. The van der Waals surface area contributed by atoms with Gasteiger partial charge in [-0.25, -0.2) is 13.5 Å². The highest BCUT2D eigenvalue weighted by atomic mass is 19.1. The third kappa shape index (κ3) is 3.33. The standard InChI is InChI=1S/C19H17F2N3O2/c1-11(10-14-15(20)8-5-9-16(14)21)22-18(25)17-12-6-3-4-7-13(12)19(26)24(2)23-17/h3-9,11H,10H2,1-2H3,(H,22,25). The monoisotopic (exact) mass is 357 g/mol. The molecule has 134 valence electrons. The summed E-state index contributed by atoms with van der Waals surface area (Å²) in [5.74, 6) is -1.82. The Morgan fingerprint density at radius 2 is 1.73 bits per heavy atom. The van der Waals surface area contributed by atoms with Crippen LogP contribution in [-0.2, 0) is 13.5 Å². The van der Waals surface area contributed by atoms with Crippen molar-refractivity contribution in [2.75, 3.05) is 0 Å². The summed E-state index contributed by atoms with van der Waals surface area (Å²) in [6, 6.07) is 9.77. The second-order valence-electron chi connectivity index (χ2n) is 6.10. The molecule has 3 aromatic rings. The van der Waals surface area contributed by atoms with Crippen molar-refractivity contribution >= 4 is 16.7 Å². The average Bonchev–Trinajstić information content (AvgIpc) is 2.61. The van der Waals surface area contributed by atoms with E-state index in [1.165, 1.54) is 25.2 Å². The number of nitrogens with one attached hydrogen (secondary N) is 1. The molecular weight excluding hydrogens is 340 g/mol. The van der Waals surface area contributed by atoms with Crippen LogP contribution in [-0.4, -0.2) is 21.7 Å². The van der Waals surface area contributed by atoms with Gasteiger partial charge in [-0.2, -0.15) is 5.10 Å². The van der Waals surface area contributed by atoms with Crippen molar-refractivity contribution in [2.45, 2.75) is 19.4 Å². The second kappa shape index (κ2) is 7.03. The van der Waals surface area contributed by atoms with Crippen molar-refractivity contribution in [3.05, 3.63) is 75.7 Å². The Morgan fingerprint density at radius 3 is 2.38 bits per heavy atom. The van der Waals surface area contributed by atoms with Crippen LogP contribution < -0.4 is 10.9 Å². The minimum absolute atomic E-state index is 0.00601. The topological polar surface area (TPSA) is 64.0 Å². The number of nitrogens with zero attached hydrogens (tertiary/aromatic N) is 2. The maximum atomic E-state index is 13.8. The van der Waals surface area contributed by atoms with Gasteiger partial charge in [-0.1, -0.05) is 24.3 Å². The van der Waals surface area contributed by atoms with Crippen LogP contribution >= 0.6 is 0 Å². The minimum atomic E-state index is -0.656. The number of hydrogen-bond donors (Lipinski definition) is 1. The van der Waals surface area contributed by atoms with Crippen LogP contribution in [0.25, 0.3) is 10.8 Å². The fraction of sp³-hybridized carbons (Fsp3) is 0.211. The summed E-state index contributed by atoms with van der Waals surface area (Å²) in [4.78, 5) is 24.7. The number of carbonyl (C=O) groups excluding carboxylic acids is 1. The van der Waals surface area contributed by atoms with Gasteiger partial charge in [0.1, 0.15) is 11.6 Å². The first-order valence-electron chi connectivity index (χ1n) is 8.08. The van der Waals surface area contributed by atoms with Crippen LogP contribution in [0.5, 0.6) is 0 Å². The normalized spacial score (nSPS) is 12.2. The van der Waals surface area contributed by atoms with Crippen molar-refractivity contribution in [3.63, 3.8) is 0 Å². The zero-order chi connectivity index (χ0) is 18.8. The van der Waals surface area contributed by atoms with Gasteiger partial charge in [-0.15, -0.1) is 0 Å². The van der Waals surface area contributed by atoms with Gasteiger partial charge >= 0.3 is 0 Å². The van der Waals surface area contributed by atoms with Crippen molar-refractivity contribution in [1.82, 2.24) is 15.1 Å². The number of aromatic nitrogens is 2. The van der Waals surface area contributed by atoms with E-state index in [4.69, 9.17) is 0 Å². The zero-order valence-corrected chi connectivity index (χ0v) is 14.3. The fourth-order valence-corrected chi connectivity index (χ4v) is 2.84. The number of hydrogen-bond acceptors (Lipinski definition) is 3. The highest BCUT2D eigenvalue weighted by Crippen LogP contribution is 2.16. The molecule has 1 heterocycles. The summed E-state index contributed by atoms with van der Waals surface area (Å²) >= 11 is 0. The Bertz CT molecular complexity index is 1030. The molecule has 1 amide bonds. The molecule has 3 rings (SSSR count). The summed E-state index contributed by atoms with van der Waals surface area (Å²) in [6.45, 7) is 1.65. The molecule has 0 aliphatic heterocycles. The maximum absolute atomic E-state index is 13.8. The molecule has 1 atom stereocenters.